The van der Waals surface area contributed by atoms with Crippen molar-refractivity contribution in [3.8, 4) is 0 Å². The van der Waals surface area contributed by atoms with Gasteiger partial charge in [0.2, 0.25) is 0 Å². The molecule has 0 aromatic rings. The molecule has 0 heterocycles. The maximum atomic E-state index is 10.7. The maximum absolute atomic E-state index is 10.7. The number of hydrogen-bond acceptors (Lipinski definition) is 2. The average molecular weight is 155 g/mol. The Labute approximate surface area is 68.2 Å². The molecule has 0 amide bonds. The lowest BCUT2D eigenvalue weighted by molar-refractivity contribution is -0.139. The van der Waals surface area contributed by atoms with Crippen molar-refractivity contribution in [3.05, 3.63) is 18.6 Å². The van der Waals surface area contributed by atoms with Gasteiger partial charge in [-0.1, -0.05) is 12.2 Å². The van der Waals surface area contributed by atoms with Crippen LogP contribution in [0.3, 0.4) is 0 Å². The number of carbonyl (C=O) groups excluding carboxylic acids is 1. The highest BCUT2D eigenvalue weighted by Crippen LogP contribution is 1.96. The van der Waals surface area contributed by atoms with Gasteiger partial charge in [0.05, 0.1) is 13.0 Å². The molecule has 0 N–H and O–H groups in total. The SMILES string of the molecule is C/C=C\CC[CH]C(=O)OCC. The lowest BCUT2D eigenvalue weighted by Gasteiger charge is -1.98. The molecule has 0 bridgehead atoms. The summed E-state index contributed by atoms with van der Waals surface area (Å²) in [5.74, 6) is -0.211. The molecule has 1 radical (unpaired) electrons. The molecule has 0 aromatic carbocycles. The van der Waals surface area contributed by atoms with Crippen LogP contribution in [0, 0.1) is 6.42 Å². The number of esters is 1. The summed E-state index contributed by atoms with van der Waals surface area (Å²) < 4.78 is 4.70. The van der Waals surface area contributed by atoms with Gasteiger partial charge in [-0.2, -0.15) is 0 Å². The van der Waals surface area contributed by atoms with Gasteiger partial charge in [-0.3, -0.25) is 4.79 Å². The lowest BCUT2D eigenvalue weighted by Crippen LogP contribution is -2.03. The smallest absolute Gasteiger partial charge is 0.309 e. The van der Waals surface area contributed by atoms with Gasteiger partial charge in [0.25, 0.3) is 0 Å². The molecule has 0 spiro atoms. The van der Waals surface area contributed by atoms with Crippen molar-refractivity contribution in [2.75, 3.05) is 6.61 Å². The summed E-state index contributed by atoms with van der Waals surface area (Å²) in [6, 6.07) is 0. The van der Waals surface area contributed by atoms with Crippen molar-refractivity contribution in [2.45, 2.75) is 26.7 Å². The Morgan fingerprint density at radius 2 is 2.18 bits per heavy atom. The topological polar surface area (TPSA) is 26.3 Å². The van der Waals surface area contributed by atoms with E-state index in [0.29, 0.717) is 6.61 Å². The fourth-order valence-electron chi connectivity index (χ4n) is 0.665. The van der Waals surface area contributed by atoms with Gasteiger partial charge in [0.15, 0.2) is 0 Å². The zero-order valence-corrected chi connectivity index (χ0v) is 7.17. The zero-order valence-electron chi connectivity index (χ0n) is 7.17. The van der Waals surface area contributed by atoms with Gasteiger partial charge >= 0.3 is 5.97 Å². The van der Waals surface area contributed by atoms with Crippen LogP contribution in [0.25, 0.3) is 0 Å². The number of unbranched alkanes of at least 4 members (excludes halogenated alkanes) is 1. The van der Waals surface area contributed by atoms with Crippen LogP contribution in [-0.4, -0.2) is 12.6 Å². The van der Waals surface area contributed by atoms with Crippen LogP contribution in [-0.2, 0) is 9.53 Å². The first-order chi connectivity index (χ1) is 5.31. The third-order valence-corrected chi connectivity index (χ3v) is 1.17. The fourth-order valence-corrected chi connectivity index (χ4v) is 0.665. The number of allylic oxidation sites excluding steroid dienone is 2. The van der Waals surface area contributed by atoms with Crippen LogP contribution >= 0.6 is 0 Å². The van der Waals surface area contributed by atoms with Crippen molar-refractivity contribution in [3.63, 3.8) is 0 Å². The third kappa shape index (κ3) is 7.10. The molecule has 0 aromatic heterocycles. The predicted octanol–water partition coefficient (Wildman–Crippen LogP) is 2.11. The van der Waals surface area contributed by atoms with E-state index in [9.17, 15) is 4.79 Å². The normalized spacial score (nSPS) is 10.4. The van der Waals surface area contributed by atoms with Crippen LogP contribution in [0.1, 0.15) is 26.7 Å². The van der Waals surface area contributed by atoms with Crippen LogP contribution in [0.5, 0.6) is 0 Å². The summed E-state index contributed by atoms with van der Waals surface area (Å²) in [7, 11) is 0. The van der Waals surface area contributed by atoms with Crippen molar-refractivity contribution >= 4 is 5.97 Å². The molecule has 0 saturated heterocycles. The molecule has 63 valence electrons. The van der Waals surface area contributed by atoms with E-state index >= 15 is 0 Å². The molecule has 0 unspecified atom stereocenters. The van der Waals surface area contributed by atoms with E-state index in [0.717, 1.165) is 12.8 Å². The van der Waals surface area contributed by atoms with Crippen molar-refractivity contribution < 1.29 is 9.53 Å². The number of rotatable bonds is 5. The molecule has 0 aliphatic rings. The van der Waals surface area contributed by atoms with Gasteiger partial charge in [0.1, 0.15) is 0 Å². The van der Waals surface area contributed by atoms with E-state index in [1.54, 1.807) is 13.3 Å². The first kappa shape index (κ1) is 10.2. The Balaban J connectivity index is 3.17. The van der Waals surface area contributed by atoms with Crippen LogP contribution in [0.4, 0.5) is 0 Å². The molecular weight excluding hydrogens is 140 g/mol. The standard InChI is InChI=1S/C9H15O2/c1-3-5-6-7-8-9(10)11-4-2/h3,5,8H,4,6-7H2,1-2H3/b5-3-. The quantitative estimate of drug-likeness (QED) is 0.345. The highest BCUT2D eigenvalue weighted by molar-refractivity contribution is 5.78. The Bertz CT molecular complexity index is 128. The third-order valence-electron chi connectivity index (χ3n) is 1.17. The van der Waals surface area contributed by atoms with Crippen molar-refractivity contribution in [1.29, 1.82) is 0 Å². The van der Waals surface area contributed by atoms with Gasteiger partial charge < -0.3 is 4.74 Å². The highest BCUT2D eigenvalue weighted by Gasteiger charge is 1.98. The van der Waals surface area contributed by atoms with Crippen LogP contribution < -0.4 is 0 Å². The molecule has 0 fully saturated rings. The molecule has 2 heteroatoms. The Hall–Kier alpha value is -0.790. The molecule has 0 aliphatic heterocycles. The Morgan fingerprint density at radius 1 is 1.45 bits per heavy atom. The van der Waals surface area contributed by atoms with Gasteiger partial charge in [-0.25, -0.2) is 0 Å². The van der Waals surface area contributed by atoms with E-state index in [4.69, 9.17) is 4.74 Å². The van der Waals surface area contributed by atoms with Gasteiger partial charge in [-0.15, -0.1) is 0 Å². The lowest BCUT2D eigenvalue weighted by atomic mass is 10.2. The second-order valence-electron chi connectivity index (χ2n) is 2.10. The van der Waals surface area contributed by atoms with E-state index in [1.165, 1.54) is 0 Å². The minimum Gasteiger partial charge on any atom is -0.466 e. The summed E-state index contributed by atoms with van der Waals surface area (Å²) in [6.07, 6.45) is 7.25. The first-order valence-electron chi connectivity index (χ1n) is 3.92. The molecular formula is C9H15O2. The highest BCUT2D eigenvalue weighted by atomic mass is 16.5. The van der Waals surface area contributed by atoms with E-state index in [2.05, 4.69) is 0 Å². The van der Waals surface area contributed by atoms with Crippen LogP contribution in [0.15, 0.2) is 12.2 Å². The molecule has 0 rings (SSSR count). The minimum absolute atomic E-state index is 0.211. The largest absolute Gasteiger partial charge is 0.466 e. The molecule has 0 aliphatic carbocycles. The zero-order chi connectivity index (χ0) is 8.53. The number of carbonyl (C=O) groups is 1. The maximum Gasteiger partial charge on any atom is 0.309 e. The van der Waals surface area contributed by atoms with Gasteiger partial charge in [-0.05, 0) is 26.7 Å². The first-order valence-corrected chi connectivity index (χ1v) is 3.92. The van der Waals surface area contributed by atoms with E-state index < -0.39 is 0 Å². The molecule has 2 nitrogen and oxygen atoms in total. The summed E-state index contributed by atoms with van der Waals surface area (Å²) in [4.78, 5) is 10.7. The van der Waals surface area contributed by atoms with Crippen molar-refractivity contribution in [2.24, 2.45) is 0 Å². The minimum atomic E-state index is -0.211. The average Bonchev–Trinajstić information content (AvgIpc) is 1.99. The number of ether oxygens (including phenoxy) is 1. The number of hydrogen-bond donors (Lipinski definition) is 0. The molecule has 0 saturated carbocycles. The Morgan fingerprint density at radius 3 is 2.73 bits per heavy atom. The summed E-state index contributed by atoms with van der Waals surface area (Å²) in [5.41, 5.74) is 0. The second kappa shape index (κ2) is 7.32. The monoisotopic (exact) mass is 155 g/mol. The van der Waals surface area contributed by atoms with Gasteiger partial charge in [0, 0.05) is 0 Å². The fraction of sp³-hybridized carbons (Fsp3) is 0.556. The summed E-state index contributed by atoms with van der Waals surface area (Å²) in [6.45, 7) is 4.22. The summed E-state index contributed by atoms with van der Waals surface area (Å²) >= 11 is 0. The Kier molecular flexibility index (Phi) is 6.79. The summed E-state index contributed by atoms with van der Waals surface area (Å²) in [5, 5.41) is 0. The van der Waals surface area contributed by atoms with E-state index in [-0.39, 0.29) is 5.97 Å². The van der Waals surface area contributed by atoms with E-state index in [1.807, 2.05) is 19.1 Å². The second-order valence-corrected chi connectivity index (χ2v) is 2.10. The van der Waals surface area contributed by atoms with Crippen LogP contribution in [0.2, 0.25) is 0 Å². The molecule has 0 atom stereocenters. The molecule has 11 heavy (non-hydrogen) atoms. The van der Waals surface area contributed by atoms with Crippen molar-refractivity contribution in [1.82, 2.24) is 0 Å². The predicted molar refractivity (Wildman–Crippen MR) is 45.0 cm³/mol.